The number of carbonyl (C=O) groups is 3. The molecular weight excluding hydrogens is 590 g/mol. The van der Waals surface area contributed by atoms with Gasteiger partial charge in [0.1, 0.15) is 18.2 Å². The first-order chi connectivity index (χ1) is 19.6. The summed E-state index contributed by atoms with van der Waals surface area (Å²) in [5.74, 6) is -3.19. The van der Waals surface area contributed by atoms with Gasteiger partial charge in [0.2, 0.25) is 5.91 Å². The molecule has 4 rings (SSSR count). The molecule has 10 heteroatoms. The van der Waals surface area contributed by atoms with E-state index in [0.29, 0.717) is 12.1 Å². The Morgan fingerprint density at radius 2 is 1.83 bits per heavy atom. The normalized spacial score (nSPS) is 28.9. The summed E-state index contributed by atoms with van der Waals surface area (Å²) in [6, 6.07) is 6.05. The summed E-state index contributed by atoms with van der Waals surface area (Å²) in [6.07, 6.45) is 2.87. The number of aliphatic hydroxyl groups is 1. The minimum absolute atomic E-state index is 0.0108. The number of anilines is 2. The van der Waals surface area contributed by atoms with Gasteiger partial charge in [-0.05, 0) is 50.5 Å². The smallest absolute Gasteiger partial charge is 0.312 e. The van der Waals surface area contributed by atoms with Crippen LogP contribution in [0, 0.1) is 17.8 Å². The van der Waals surface area contributed by atoms with Crippen molar-refractivity contribution in [3.8, 4) is 0 Å². The fraction of sp³-hybridized carbons (Fsp3) is 0.581. The van der Waals surface area contributed by atoms with Crippen LogP contribution in [-0.4, -0.2) is 89.3 Å². The molecular formula is C31H42BrN3O6. The fourth-order valence-corrected chi connectivity index (χ4v) is 7.81. The number of ether oxygens (including phenoxy) is 2. The Balaban J connectivity index is 1.80. The minimum atomic E-state index is -1.26. The third kappa shape index (κ3) is 5.23. The predicted octanol–water partition coefficient (Wildman–Crippen LogP) is 3.55. The van der Waals surface area contributed by atoms with Crippen LogP contribution >= 0.6 is 15.9 Å². The second kappa shape index (κ2) is 12.7. The Hall–Kier alpha value is -2.69. The van der Waals surface area contributed by atoms with Crippen LogP contribution in [0.3, 0.4) is 0 Å². The third-order valence-electron chi connectivity index (χ3n) is 8.76. The topological polar surface area (TPSA) is 99.6 Å². The zero-order valence-electron chi connectivity index (χ0n) is 24.4. The largest absolute Gasteiger partial charge is 0.461 e. The summed E-state index contributed by atoms with van der Waals surface area (Å²) in [7, 11) is 0. The van der Waals surface area contributed by atoms with Gasteiger partial charge in [-0.1, -0.05) is 48.5 Å². The van der Waals surface area contributed by atoms with Crippen molar-refractivity contribution in [1.82, 2.24) is 4.90 Å². The maximum absolute atomic E-state index is 14.7. The molecule has 1 aromatic rings. The van der Waals surface area contributed by atoms with Crippen molar-refractivity contribution in [3.63, 3.8) is 0 Å². The molecule has 3 aliphatic heterocycles. The monoisotopic (exact) mass is 631 g/mol. The molecule has 3 fully saturated rings. The molecule has 0 aromatic heterocycles. The predicted molar refractivity (Wildman–Crippen MR) is 162 cm³/mol. The summed E-state index contributed by atoms with van der Waals surface area (Å²) in [5.41, 5.74) is 0.448. The number of rotatable bonds is 13. The van der Waals surface area contributed by atoms with Gasteiger partial charge in [0.15, 0.2) is 0 Å². The lowest BCUT2D eigenvalue weighted by molar-refractivity contribution is -0.155. The Kier molecular flexibility index (Phi) is 9.66. The maximum Gasteiger partial charge on any atom is 0.312 e. The number of likely N-dealkylation sites (tertiary alicyclic amines) is 1. The second-order valence-corrected chi connectivity index (χ2v) is 12.4. The summed E-state index contributed by atoms with van der Waals surface area (Å²) in [5, 5.41) is 10.4. The van der Waals surface area contributed by atoms with Crippen molar-refractivity contribution in [2.45, 2.75) is 62.7 Å². The maximum atomic E-state index is 14.7. The van der Waals surface area contributed by atoms with Crippen LogP contribution in [0.2, 0.25) is 0 Å². The number of aliphatic hydroxyl groups excluding tert-OH is 1. The van der Waals surface area contributed by atoms with Crippen molar-refractivity contribution in [2.75, 3.05) is 42.6 Å². The SMILES string of the molecule is C=CCOC(=O)[C@H]1[C@H]2C(=O)N([C@@H](CO)C(C)C)C(C(=O)N(CC=C)c3ccc(N(CC)CC)cc3)C23CC(Br)[C@@H]1O3. The van der Waals surface area contributed by atoms with Crippen LogP contribution in [0.15, 0.2) is 49.6 Å². The van der Waals surface area contributed by atoms with E-state index in [1.807, 2.05) is 38.1 Å². The van der Waals surface area contributed by atoms with E-state index in [9.17, 15) is 19.5 Å². The molecule has 3 saturated heterocycles. The molecule has 2 bridgehead atoms. The molecule has 9 nitrogen and oxygen atoms in total. The summed E-state index contributed by atoms with van der Waals surface area (Å²) < 4.78 is 12.0. The van der Waals surface area contributed by atoms with Crippen molar-refractivity contribution in [2.24, 2.45) is 17.8 Å². The van der Waals surface area contributed by atoms with E-state index in [0.717, 1.165) is 18.8 Å². The Labute approximate surface area is 251 Å². The van der Waals surface area contributed by atoms with E-state index in [1.165, 1.54) is 11.0 Å². The number of carbonyl (C=O) groups excluding carboxylic acids is 3. The van der Waals surface area contributed by atoms with Gasteiger partial charge in [0.05, 0.1) is 30.6 Å². The van der Waals surface area contributed by atoms with Crippen LogP contribution in [0.5, 0.6) is 0 Å². The third-order valence-corrected chi connectivity index (χ3v) is 9.60. The molecule has 41 heavy (non-hydrogen) atoms. The van der Waals surface area contributed by atoms with Crippen LogP contribution in [-0.2, 0) is 23.9 Å². The molecule has 1 spiro atoms. The van der Waals surface area contributed by atoms with E-state index < -0.39 is 41.6 Å². The molecule has 0 saturated carbocycles. The van der Waals surface area contributed by atoms with Crippen LogP contribution in [0.4, 0.5) is 11.4 Å². The highest BCUT2D eigenvalue weighted by molar-refractivity contribution is 9.09. The molecule has 7 atom stereocenters. The highest BCUT2D eigenvalue weighted by Gasteiger charge is 2.77. The molecule has 0 aliphatic carbocycles. The van der Waals surface area contributed by atoms with E-state index in [2.05, 4.69) is 47.8 Å². The number of fused-ring (bicyclic) bond motifs is 1. The van der Waals surface area contributed by atoms with Gasteiger partial charge in [0.25, 0.3) is 5.91 Å². The second-order valence-electron chi connectivity index (χ2n) is 11.2. The summed E-state index contributed by atoms with van der Waals surface area (Å²) in [4.78, 5) is 47.3. The highest BCUT2D eigenvalue weighted by atomic mass is 79.9. The van der Waals surface area contributed by atoms with Crippen LogP contribution in [0.25, 0.3) is 0 Å². The average Bonchev–Trinajstić information content (AvgIpc) is 3.55. The zero-order chi connectivity index (χ0) is 30.1. The Morgan fingerprint density at radius 3 is 2.37 bits per heavy atom. The van der Waals surface area contributed by atoms with Crippen LogP contribution in [0.1, 0.15) is 34.1 Å². The fourth-order valence-electron chi connectivity index (χ4n) is 6.86. The van der Waals surface area contributed by atoms with Crippen molar-refractivity contribution in [1.29, 1.82) is 0 Å². The van der Waals surface area contributed by atoms with E-state index in [1.54, 1.807) is 11.0 Å². The van der Waals surface area contributed by atoms with Crippen molar-refractivity contribution < 1.29 is 29.0 Å². The molecule has 1 N–H and O–H groups in total. The number of alkyl halides is 1. The molecule has 1 aromatic carbocycles. The molecule has 3 aliphatic rings. The first-order valence-corrected chi connectivity index (χ1v) is 15.3. The number of hydrogen-bond donors (Lipinski definition) is 1. The molecule has 224 valence electrons. The lowest BCUT2D eigenvalue weighted by Crippen LogP contribution is -2.60. The number of benzene rings is 1. The van der Waals surface area contributed by atoms with Gasteiger partial charge >= 0.3 is 5.97 Å². The molecule has 3 unspecified atom stereocenters. The summed E-state index contributed by atoms with van der Waals surface area (Å²) >= 11 is 3.67. The van der Waals surface area contributed by atoms with Crippen molar-refractivity contribution in [3.05, 3.63) is 49.6 Å². The molecule has 2 amide bonds. The summed E-state index contributed by atoms with van der Waals surface area (Å²) in [6.45, 7) is 17.1. The Bertz CT molecular complexity index is 1160. The van der Waals surface area contributed by atoms with Gasteiger partial charge in [0, 0.05) is 35.8 Å². The first-order valence-electron chi connectivity index (χ1n) is 14.4. The highest BCUT2D eigenvalue weighted by Crippen LogP contribution is 2.61. The van der Waals surface area contributed by atoms with Crippen LogP contribution < -0.4 is 9.80 Å². The van der Waals surface area contributed by atoms with Gasteiger partial charge in [-0.15, -0.1) is 6.58 Å². The lowest BCUT2D eigenvalue weighted by atomic mass is 9.70. The molecule has 0 radical (unpaired) electrons. The first kappa shape index (κ1) is 31.3. The standard InChI is InChI=1S/C31H42BrN3O6/c1-7-15-34(21-13-11-20(12-14-21)33(9-3)10-4)29(38)27-31-17-22(32)26(41-31)24(30(39)40-16-8-2)25(31)28(37)35(27)23(18-36)19(5)6/h7-8,11-14,19,22-27,36H,1-2,9-10,15-18H2,3-6H3/t22?,23-,24-,25-,26-,27?,31?/m0/s1. The van der Waals surface area contributed by atoms with E-state index in [4.69, 9.17) is 9.47 Å². The Morgan fingerprint density at radius 1 is 1.20 bits per heavy atom. The number of amides is 2. The lowest BCUT2D eigenvalue weighted by Gasteiger charge is -2.40. The van der Waals surface area contributed by atoms with Gasteiger partial charge < -0.3 is 29.3 Å². The number of nitrogens with zero attached hydrogens (tertiary/aromatic N) is 3. The van der Waals surface area contributed by atoms with Gasteiger partial charge in [-0.3, -0.25) is 14.4 Å². The minimum Gasteiger partial charge on any atom is -0.461 e. The van der Waals surface area contributed by atoms with Gasteiger partial charge in [-0.2, -0.15) is 0 Å². The average molecular weight is 633 g/mol. The number of esters is 1. The van der Waals surface area contributed by atoms with E-state index >= 15 is 0 Å². The zero-order valence-corrected chi connectivity index (χ0v) is 26.0. The number of hydrogen-bond acceptors (Lipinski definition) is 7. The number of halogens is 1. The van der Waals surface area contributed by atoms with E-state index in [-0.39, 0.29) is 42.3 Å². The van der Waals surface area contributed by atoms with Crippen molar-refractivity contribution >= 4 is 45.1 Å². The quantitative estimate of drug-likeness (QED) is 0.202. The van der Waals surface area contributed by atoms with Gasteiger partial charge in [-0.25, -0.2) is 0 Å². The molecule has 3 heterocycles.